The van der Waals surface area contributed by atoms with E-state index >= 15 is 0 Å². The van der Waals surface area contributed by atoms with Gasteiger partial charge in [-0.3, -0.25) is 0 Å². The van der Waals surface area contributed by atoms with Crippen LogP contribution in [0.4, 0.5) is 0 Å². The van der Waals surface area contributed by atoms with E-state index in [1.807, 2.05) is 12.1 Å². The molecule has 0 saturated heterocycles. The van der Waals surface area contributed by atoms with Crippen LogP contribution in [-0.4, -0.2) is 33.7 Å². The van der Waals surface area contributed by atoms with E-state index in [1.54, 1.807) is 70.3 Å². The first-order valence-electron chi connectivity index (χ1n) is 9.47. The Morgan fingerprint density at radius 1 is 0.480 bits per heavy atom. The van der Waals surface area contributed by atoms with Crippen LogP contribution in [0, 0.1) is 142 Å². The monoisotopic (exact) mass is 1270 g/mol. The fourth-order valence-electron chi connectivity index (χ4n) is 2.88. The van der Waals surface area contributed by atoms with Gasteiger partial charge < -0.3 is 118 Å². The van der Waals surface area contributed by atoms with Crippen molar-refractivity contribution in [2.24, 2.45) is 0 Å². The van der Waals surface area contributed by atoms with Gasteiger partial charge in [0.1, 0.15) is 24.7 Å². The predicted molar refractivity (Wildman–Crippen MR) is 172 cm³/mol. The SMILES string of the molecule is [La+3].[La+3].[La+3].[La+3].[O-]C(O)C[n+]1cccc(COc2ccc(OCc3ccc[n+](CC([O-])O)c3)cc2)c1.[OH-].[OH-].[OH3+].[OH3+].[OH3+].[OH3+].[OH3+].[OH3+].[OH3+].[OH3+].[OH3+].[OH3+].[OH3+].[OH3+].[OH3+].[OH3+]. The van der Waals surface area contributed by atoms with E-state index < -0.39 is 12.6 Å². The molecule has 0 fully saturated rings. The molecule has 50 heavy (non-hydrogen) atoms. The van der Waals surface area contributed by atoms with Gasteiger partial charge in [-0.1, -0.05) is 0 Å². The van der Waals surface area contributed by atoms with Crippen molar-refractivity contribution in [2.45, 2.75) is 38.9 Å². The summed E-state index contributed by atoms with van der Waals surface area (Å²) in [6, 6.07) is 14.5. The molecule has 0 aliphatic rings. The summed E-state index contributed by atoms with van der Waals surface area (Å²) in [5, 5.41) is 39.7. The summed E-state index contributed by atoms with van der Waals surface area (Å²) in [7, 11) is 0. The number of hydrogen-bond acceptors (Lipinski definition) is 8. The molecule has 0 saturated carbocycles. The number of benzene rings is 1. The van der Waals surface area contributed by atoms with Gasteiger partial charge in [0.15, 0.2) is 37.9 Å². The maximum absolute atomic E-state index is 10.9. The molecule has 3 aromatic rings. The molecule has 2 atom stereocenters. The Labute approximate surface area is 398 Å². The molecule has 0 amide bonds. The van der Waals surface area contributed by atoms with Gasteiger partial charge in [0.05, 0.1) is 11.1 Å². The predicted octanol–water partition coefficient (Wildman–Crippen LogP) is -14.5. The fraction of sp³-hybridized carbons (Fsp3) is 0.273. The first kappa shape index (κ1) is 117. The van der Waals surface area contributed by atoms with Crippen molar-refractivity contribution >= 4 is 0 Å². The molecule has 0 aliphatic carbocycles. The smallest absolute Gasteiger partial charge is 0.870 e. The van der Waals surface area contributed by atoms with Crippen LogP contribution in [0.1, 0.15) is 11.1 Å². The third kappa shape index (κ3) is 47.1. The molecule has 2 unspecified atom stereocenters. The summed E-state index contributed by atoms with van der Waals surface area (Å²) in [5.74, 6) is 1.34. The van der Waals surface area contributed by atoms with Crippen molar-refractivity contribution in [3.8, 4) is 11.5 Å². The number of aromatic nitrogens is 2. The molecular formula is C22H68La4N2O22+24. The van der Waals surface area contributed by atoms with Gasteiger partial charge in [0.25, 0.3) is 0 Å². The van der Waals surface area contributed by atoms with Crippen LogP contribution in [0.5, 0.6) is 11.5 Å². The second kappa shape index (κ2) is 65.0. The van der Waals surface area contributed by atoms with Gasteiger partial charge >= 0.3 is 142 Å². The Morgan fingerprint density at radius 2 is 0.720 bits per heavy atom. The fourth-order valence-corrected chi connectivity index (χ4v) is 2.88. The number of hydrogen-bond donors (Lipinski definition) is 2. The van der Waals surface area contributed by atoms with Crippen molar-refractivity contribution in [3.05, 3.63) is 84.4 Å². The molecule has 28 heteroatoms. The first-order valence-corrected chi connectivity index (χ1v) is 9.47. The summed E-state index contributed by atoms with van der Waals surface area (Å²) in [5.41, 5.74) is 1.75. The summed E-state index contributed by atoms with van der Waals surface area (Å²) in [4.78, 5) is 0. The minimum Gasteiger partial charge on any atom is -0.870 e. The maximum atomic E-state index is 10.9. The molecule has 46 N–H and O–H groups in total. The van der Waals surface area contributed by atoms with Crippen molar-refractivity contribution < 1.29 is 269 Å². The van der Waals surface area contributed by atoms with Crippen LogP contribution in [0.3, 0.4) is 0 Å². The molecular weight excluding hydrogens is 1200 g/mol. The van der Waals surface area contributed by atoms with Crippen LogP contribution < -0.4 is 28.8 Å². The van der Waals surface area contributed by atoms with Crippen LogP contribution in [-0.2, 0) is 103 Å². The van der Waals surface area contributed by atoms with E-state index in [2.05, 4.69) is 0 Å². The Balaban J connectivity index is -0.0000000320. The second-order valence-electron chi connectivity index (χ2n) is 6.78. The number of nitrogens with zero attached hydrogens (tertiary/aromatic N) is 2. The average Bonchev–Trinajstić information content (AvgIpc) is 2.71. The minimum atomic E-state index is -1.65. The number of pyridine rings is 2. The molecule has 0 bridgehead atoms. The van der Waals surface area contributed by atoms with Crippen LogP contribution in [0.25, 0.3) is 0 Å². The molecule has 2 heterocycles. The first-order chi connectivity index (χ1) is 14.5. The van der Waals surface area contributed by atoms with E-state index in [-0.39, 0.29) is 243 Å². The minimum absolute atomic E-state index is 0. The van der Waals surface area contributed by atoms with Gasteiger partial charge in [-0.05, 0) is 36.4 Å². The molecule has 286 valence electrons. The van der Waals surface area contributed by atoms with Crippen molar-refractivity contribution in [1.29, 1.82) is 0 Å². The zero-order valence-corrected chi connectivity index (χ0v) is 42.1. The molecule has 24 nitrogen and oxygen atoms in total. The molecule has 3 rings (SSSR count). The molecule has 1 aromatic carbocycles. The zero-order chi connectivity index (χ0) is 21.3. The van der Waals surface area contributed by atoms with Gasteiger partial charge in [-0.15, -0.1) is 0 Å². The van der Waals surface area contributed by atoms with Gasteiger partial charge in [0, 0.05) is 24.7 Å². The van der Waals surface area contributed by atoms with E-state index in [0.29, 0.717) is 24.7 Å². The number of aliphatic hydroxyl groups excluding tert-OH is 2. The maximum Gasteiger partial charge on any atom is 3.00 e. The zero-order valence-electron chi connectivity index (χ0n) is 27.6. The van der Waals surface area contributed by atoms with E-state index in [0.717, 1.165) is 11.1 Å². The molecule has 0 radical (unpaired) electrons. The normalized spacial score (nSPS) is 7.76. The Kier molecular flexibility index (Phi) is 152. The second-order valence-corrected chi connectivity index (χ2v) is 6.78. The van der Waals surface area contributed by atoms with E-state index in [1.165, 1.54) is 0 Å². The van der Waals surface area contributed by atoms with E-state index in [4.69, 9.17) is 19.7 Å². The Hall–Kier alpha value is 1.10. The summed E-state index contributed by atoms with van der Waals surface area (Å²) in [6.07, 6.45) is 3.64. The van der Waals surface area contributed by atoms with Gasteiger partial charge in [-0.2, -0.15) is 0 Å². The third-order valence-corrected chi connectivity index (χ3v) is 4.21. The van der Waals surface area contributed by atoms with Crippen molar-refractivity contribution in [3.63, 3.8) is 0 Å². The molecule has 0 aliphatic heterocycles. The third-order valence-electron chi connectivity index (χ3n) is 4.21. The summed E-state index contributed by atoms with van der Waals surface area (Å²) >= 11 is 0. The summed E-state index contributed by atoms with van der Waals surface area (Å²) in [6.45, 7) is 0.620. The van der Waals surface area contributed by atoms with Gasteiger partial charge in [-0.25, -0.2) is 9.13 Å². The largest absolute Gasteiger partial charge is 3.00 e. The standard InChI is InChI=1S/C22H24N2O6.4La.16H2O/c25-21(26)13-23-9-1-3-17(11-23)15-29-19-5-7-20(8-6-19)30-16-18-4-2-10-24(12-18)14-22(27)28;;;;;;;;;;;;;;;;;;;;/h1-12,21-22,25,27H,13-16H2;;;;;16*1H2/q;4*+3;;;;;;;;;;;;;;;;/p+12. The van der Waals surface area contributed by atoms with Gasteiger partial charge in [0.2, 0.25) is 0 Å². The average molecular weight is 1270 g/mol. The number of rotatable bonds is 10. The van der Waals surface area contributed by atoms with Crippen LogP contribution >= 0.6 is 0 Å². The Bertz CT molecular complexity index is 899. The van der Waals surface area contributed by atoms with Crippen molar-refractivity contribution in [2.75, 3.05) is 0 Å². The number of aliphatic hydroxyl groups is 2. The quantitative estimate of drug-likeness (QED) is 0.111. The van der Waals surface area contributed by atoms with Crippen molar-refractivity contribution in [1.82, 2.24) is 0 Å². The number of ether oxygens (including phenoxy) is 2. The topological polar surface area (TPSA) is 635 Å². The summed E-state index contributed by atoms with van der Waals surface area (Å²) < 4.78 is 14.8. The van der Waals surface area contributed by atoms with Crippen LogP contribution in [0.2, 0.25) is 0 Å². The molecule has 2 aromatic heterocycles. The Morgan fingerprint density at radius 3 is 0.940 bits per heavy atom. The van der Waals surface area contributed by atoms with Crippen LogP contribution in [0.15, 0.2) is 73.3 Å². The molecule has 0 spiro atoms. The van der Waals surface area contributed by atoms with E-state index in [9.17, 15) is 10.2 Å².